The van der Waals surface area contributed by atoms with E-state index < -0.39 is 11.9 Å². The summed E-state index contributed by atoms with van der Waals surface area (Å²) in [6.07, 6.45) is -4.52. The molecule has 112 valence electrons. The van der Waals surface area contributed by atoms with Gasteiger partial charge in [-0.3, -0.25) is 0 Å². The molecule has 1 aromatic heterocycles. The van der Waals surface area contributed by atoms with Gasteiger partial charge in [-0.25, -0.2) is 9.97 Å². The molecule has 2 rings (SSSR count). The second kappa shape index (κ2) is 6.53. The Hall–Kier alpha value is -1.47. The number of hydrogen-bond donors (Lipinski definition) is 1. The summed E-state index contributed by atoms with van der Waals surface area (Å²) in [5, 5.41) is 3.41. The second-order valence-electron chi connectivity index (χ2n) is 4.00. The molecule has 1 aromatic carbocycles. The van der Waals surface area contributed by atoms with Crippen molar-refractivity contribution in [3.63, 3.8) is 0 Å². The van der Waals surface area contributed by atoms with Crippen molar-refractivity contribution in [1.82, 2.24) is 9.97 Å². The molecular weight excluding hydrogens is 323 g/mol. The lowest BCUT2D eigenvalue weighted by Gasteiger charge is -2.10. The summed E-state index contributed by atoms with van der Waals surface area (Å²) < 4.78 is 38.5. The van der Waals surface area contributed by atoms with Crippen LogP contribution in [-0.4, -0.2) is 16.5 Å². The molecule has 0 saturated heterocycles. The van der Waals surface area contributed by atoms with E-state index in [1.807, 2.05) is 0 Å². The predicted octanol–water partition coefficient (Wildman–Crippen LogP) is 4.73. The highest BCUT2D eigenvalue weighted by atomic mass is 35.5. The van der Waals surface area contributed by atoms with E-state index >= 15 is 0 Å². The van der Waals surface area contributed by atoms with Crippen LogP contribution in [0.15, 0.2) is 40.3 Å². The Morgan fingerprint density at radius 2 is 2.00 bits per heavy atom. The Morgan fingerprint density at radius 3 is 2.62 bits per heavy atom. The Bertz CT molecular complexity index is 634. The number of hydrogen-bond acceptors (Lipinski definition) is 4. The molecule has 0 aliphatic carbocycles. The first-order valence-corrected chi connectivity index (χ1v) is 7.21. The van der Waals surface area contributed by atoms with Crippen molar-refractivity contribution in [2.24, 2.45) is 0 Å². The molecule has 2 aromatic rings. The van der Waals surface area contributed by atoms with Crippen LogP contribution in [0.3, 0.4) is 0 Å². The molecule has 0 amide bonds. The minimum atomic E-state index is -4.52. The maximum atomic E-state index is 12.8. The molecule has 0 aliphatic heterocycles. The average Bonchev–Trinajstić information content (AvgIpc) is 2.37. The zero-order valence-corrected chi connectivity index (χ0v) is 12.5. The van der Waals surface area contributed by atoms with E-state index in [4.69, 9.17) is 11.6 Å². The van der Waals surface area contributed by atoms with Gasteiger partial charge in [0, 0.05) is 22.5 Å². The Kier molecular flexibility index (Phi) is 4.95. The Balaban J connectivity index is 2.35. The minimum absolute atomic E-state index is 0.0446. The largest absolute Gasteiger partial charge is 0.433 e. The van der Waals surface area contributed by atoms with Gasteiger partial charge in [-0.1, -0.05) is 29.4 Å². The molecule has 0 aliphatic rings. The van der Waals surface area contributed by atoms with Crippen molar-refractivity contribution in [3.05, 3.63) is 41.0 Å². The number of benzene rings is 1. The second-order valence-corrected chi connectivity index (χ2v) is 5.53. The first-order chi connectivity index (χ1) is 9.88. The van der Waals surface area contributed by atoms with Gasteiger partial charge in [0.25, 0.3) is 0 Å². The van der Waals surface area contributed by atoms with Gasteiger partial charge < -0.3 is 5.32 Å². The summed E-state index contributed by atoms with van der Waals surface area (Å²) >= 11 is 6.95. The summed E-state index contributed by atoms with van der Waals surface area (Å²) in [5.74, 6) is -0.0446. The highest BCUT2D eigenvalue weighted by Gasteiger charge is 2.33. The number of halogens is 4. The van der Waals surface area contributed by atoms with E-state index in [1.54, 1.807) is 31.2 Å². The zero-order chi connectivity index (χ0) is 15.5. The highest BCUT2D eigenvalue weighted by Crippen LogP contribution is 2.33. The summed E-state index contributed by atoms with van der Waals surface area (Å²) in [4.78, 5) is 8.23. The Labute approximate surface area is 128 Å². The zero-order valence-electron chi connectivity index (χ0n) is 10.9. The maximum Gasteiger partial charge on any atom is 0.433 e. The fraction of sp³-hybridized carbons (Fsp3) is 0.231. The SMILES string of the molecule is CCNc1nc(Sc2cccc(Cl)c2)cc(C(F)(F)F)n1. The normalized spacial score (nSPS) is 11.5. The van der Waals surface area contributed by atoms with Crippen LogP contribution in [0.1, 0.15) is 12.6 Å². The van der Waals surface area contributed by atoms with Gasteiger partial charge in [0.2, 0.25) is 5.95 Å². The van der Waals surface area contributed by atoms with Gasteiger partial charge in [-0.05, 0) is 25.1 Å². The molecule has 0 saturated carbocycles. The fourth-order valence-electron chi connectivity index (χ4n) is 1.51. The lowest BCUT2D eigenvalue weighted by atomic mass is 10.4. The average molecular weight is 334 g/mol. The quantitative estimate of drug-likeness (QED) is 0.821. The third-order valence-electron chi connectivity index (χ3n) is 2.35. The number of alkyl halides is 3. The number of anilines is 1. The van der Waals surface area contributed by atoms with Crippen LogP contribution in [0.4, 0.5) is 19.1 Å². The number of rotatable bonds is 4. The molecule has 0 unspecified atom stereocenters. The van der Waals surface area contributed by atoms with E-state index in [1.165, 1.54) is 0 Å². The van der Waals surface area contributed by atoms with Gasteiger partial charge in [0.05, 0.1) is 0 Å². The van der Waals surface area contributed by atoms with E-state index in [0.717, 1.165) is 17.8 Å². The van der Waals surface area contributed by atoms with E-state index in [-0.39, 0.29) is 11.0 Å². The highest BCUT2D eigenvalue weighted by molar-refractivity contribution is 7.99. The first-order valence-electron chi connectivity index (χ1n) is 6.02. The van der Waals surface area contributed by atoms with Crippen LogP contribution in [0.25, 0.3) is 0 Å². The summed E-state index contributed by atoms with van der Waals surface area (Å²) in [7, 11) is 0. The third kappa shape index (κ3) is 4.50. The van der Waals surface area contributed by atoms with Gasteiger partial charge in [0.15, 0.2) is 5.69 Å². The van der Waals surface area contributed by atoms with Crippen molar-refractivity contribution >= 4 is 29.3 Å². The molecule has 0 bridgehead atoms. The minimum Gasteiger partial charge on any atom is -0.354 e. The molecule has 0 fully saturated rings. The topological polar surface area (TPSA) is 37.8 Å². The summed E-state index contributed by atoms with van der Waals surface area (Å²) in [5.41, 5.74) is -0.974. The molecule has 0 atom stereocenters. The van der Waals surface area contributed by atoms with Crippen LogP contribution in [0.5, 0.6) is 0 Å². The van der Waals surface area contributed by atoms with Crippen molar-refractivity contribution < 1.29 is 13.2 Å². The number of aromatic nitrogens is 2. The van der Waals surface area contributed by atoms with E-state index in [9.17, 15) is 13.2 Å². The number of nitrogens with one attached hydrogen (secondary N) is 1. The summed E-state index contributed by atoms with van der Waals surface area (Å²) in [6.45, 7) is 2.19. The van der Waals surface area contributed by atoms with E-state index in [2.05, 4.69) is 15.3 Å². The first kappa shape index (κ1) is 15.9. The standard InChI is InChI=1S/C13H11ClF3N3S/c1-2-18-12-19-10(13(15,16)17)7-11(20-12)21-9-5-3-4-8(14)6-9/h3-7H,2H2,1H3,(H,18,19,20). The van der Waals surface area contributed by atoms with Crippen molar-refractivity contribution in [3.8, 4) is 0 Å². The molecule has 21 heavy (non-hydrogen) atoms. The smallest absolute Gasteiger partial charge is 0.354 e. The van der Waals surface area contributed by atoms with Gasteiger partial charge in [-0.15, -0.1) is 0 Å². The maximum absolute atomic E-state index is 12.8. The van der Waals surface area contributed by atoms with Crippen molar-refractivity contribution in [1.29, 1.82) is 0 Å². The van der Waals surface area contributed by atoms with Crippen molar-refractivity contribution in [2.45, 2.75) is 23.0 Å². The van der Waals surface area contributed by atoms with Gasteiger partial charge >= 0.3 is 6.18 Å². The lowest BCUT2D eigenvalue weighted by molar-refractivity contribution is -0.141. The lowest BCUT2D eigenvalue weighted by Crippen LogP contribution is -2.12. The Morgan fingerprint density at radius 1 is 1.24 bits per heavy atom. The van der Waals surface area contributed by atoms with E-state index in [0.29, 0.717) is 16.5 Å². The van der Waals surface area contributed by atoms with Crippen LogP contribution in [0.2, 0.25) is 5.02 Å². The van der Waals surface area contributed by atoms with Crippen LogP contribution >= 0.6 is 23.4 Å². The molecule has 8 heteroatoms. The fourth-order valence-corrected chi connectivity index (χ4v) is 2.64. The molecule has 3 nitrogen and oxygen atoms in total. The van der Waals surface area contributed by atoms with Crippen molar-refractivity contribution in [2.75, 3.05) is 11.9 Å². The van der Waals surface area contributed by atoms with Crippen LogP contribution in [0, 0.1) is 0 Å². The molecule has 0 radical (unpaired) electrons. The third-order valence-corrected chi connectivity index (χ3v) is 3.49. The predicted molar refractivity (Wildman–Crippen MR) is 76.8 cm³/mol. The summed E-state index contributed by atoms with van der Waals surface area (Å²) in [6, 6.07) is 7.75. The van der Waals surface area contributed by atoms with Gasteiger partial charge in [-0.2, -0.15) is 13.2 Å². The van der Waals surface area contributed by atoms with Crippen LogP contribution < -0.4 is 5.32 Å². The van der Waals surface area contributed by atoms with Gasteiger partial charge in [0.1, 0.15) is 5.03 Å². The monoisotopic (exact) mass is 333 g/mol. The molecule has 1 heterocycles. The van der Waals surface area contributed by atoms with Crippen LogP contribution in [-0.2, 0) is 6.18 Å². The number of nitrogens with zero attached hydrogens (tertiary/aromatic N) is 2. The molecule has 1 N–H and O–H groups in total. The molecule has 0 spiro atoms. The molecular formula is C13H11ClF3N3S.